The fraction of sp³-hybridized carbons (Fsp3) is 0.321. The second kappa shape index (κ2) is 10.3. The fourth-order valence-corrected chi connectivity index (χ4v) is 4.82. The van der Waals surface area contributed by atoms with Gasteiger partial charge in [-0.05, 0) is 77.6 Å². The molecule has 11 heteroatoms. The monoisotopic (exact) mass is 570 g/mol. The van der Waals surface area contributed by atoms with Gasteiger partial charge in [0.15, 0.2) is 0 Å². The van der Waals surface area contributed by atoms with Gasteiger partial charge in [0, 0.05) is 16.3 Å². The lowest BCUT2D eigenvalue weighted by Gasteiger charge is -2.24. The molecule has 208 valence electrons. The average Bonchev–Trinajstić information content (AvgIpc) is 3.11. The number of cyclic esters (lactones) is 1. The maximum Gasteiger partial charge on any atom is 0.416 e. The molecule has 1 unspecified atom stereocenters. The summed E-state index contributed by atoms with van der Waals surface area (Å²) in [5.74, 6) is 0.210. The van der Waals surface area contributed by atoms with Gasteiger partial charge in [0.05, 0.1) is 23.7 Å². The van der Waals surface area contributed by atoms with Crippen molar-refractivity contribution in [1.82, 2.24) is 4.90 Å². The lowest BCUT2D eigenvalue weighted by atomic mass is 9.93. The van der Waals surface area contributed by atoms with Crippen LogP contribution in [0.3, 0.4) is 0 Å². The Kier molecular flexibility index (Phi) is 7.55. The Balaban J connectivity index is 1.72. The third-order valence-corrected chi connectivity index (χ3v) is 7.08. The zero-order chi connectivity index (χ0) is 28.9. The van der Waals surface area contributed by atoms with Crippen LogP contribution in [0.4, 0.5) is 36.8 Å². The van der Waals surface area contributed by atoms with E-state index in [1.807, 2.05) is 26.0 Å². The quantitative estimate of drug-likeness (QED) is 0.246. The number of ether oxygens (including phenoxy) is 1. The van der Waals surface area contributed by atoms with Gasteiger partial charge in [-0.25, -0.2) is 4.79 Å². The summed E-state index contributed by atoms with van der Waals surface area (Å²) in [5.41, 5.74) is 6.04. The Hall–Kier alpha value is -3.40. The molecule has 0 aromatic heterocycles. The Labute approximate surface area is 226 Å². The molecule has 0 bridgehead atoms. The molecule has 3 aromatic rings. The number of carbonyl (C=O) groups excluding carboxylic acids is 1. The maximum atomic E-state index is 13.4. The van der Waals surface area contributed by atoms with Gasteiger partial charge in [-0.1, -0.05) is 37.6 Å². The molecule has 0 aliphatic carbocycles. The molecular weight excluding hydrogens is 546 g/mol. The first kappa shape index (κ1) is 28.6. The average molecular weight is 571 g/mol. The van der Waals surface area contributed by atoms with Crippen molar-refractivity contribution in [3.8, 4) is 11.1 Å². The van der Waals surface area contributed by atoms with E-state index in [9.17, 15) is 31.1 Å². The molecule has 0 spiro atoms. The van der Waals surface area contributed by atoms with Crippen molar-refractivity contribution in [2.45, 2.75) is 57.7 Å². The van der Waals surface area contributed by atoms with Crippen molar-refractivity contribution in [3.05, 3.63) is 87.4 Å². The number of amides is 1. The number of nitrogens with two attached hydrogens (primary N) is 1. The van der Waals surface area contributed by atoms with Crippen LogP contribution in [0.5, 0.6) is 0 Å². The van der Waals surface area contributed by atoms with Gasteiger partial charge in [0.25, 0.3) is 0 Å². The molecule has 0 saturated carbocycles. The highest BCUT2D eigenvalue weighted by Crippen LogP contribution is 2.42. The summed E-state index contributed by atoms with van der Waals surface area (Å²) in [6.07, 6.45) is -12.3. The normalized spacial score (nSPS) is 18.1. The molecule has 2 N–H and O–H groups in total. The molecule has 4 rings (SSSR count). The minimum Gasteiger partial charge on any atom is -0.439 e. The molecule has 39 heavy (non-hydrogen) atoms. The van der Waals surface area contributed by atoms with Gasteiger partial charge >= 0.3 is 18.4 Å². The Morgan fingerprint density at radius 2 is 1.54 bits per heavy atom. The Morgan fingerprint density at radius 3 is 2.10 bits per heavy atom. The molecule has 1 aliphatic heterocycles. The molecule has 1 saturated heterocycles. The number of alkyl halides is 6. The van der Waals surface area contributed by atoms with Crippen LogP contribution in [0.15, 0.2) is 54.6 Å². The van der Waals surface area contributed by atoms with Crippen LogP contribution < -0.4 is 5.73 Å². The van der Waals surface area contributed by atoms with Crippen molar-refractivity contribution < 1.29 is 35.9 Å². The van der Waals surface area contributed by atoms with Gasteiger partial charge in [-0.15, -0.1) is 0 Å². The number of nitrogens with zero attached hydrogens (tertiary/aromatic N) is 1. The summed E-state index contributed by atoms with van der Waals surface area (Å²) in [6.45, 7) is 5.49. The van der Waals surface area contributed by atoms with Gasteiger partial charge in [0.1, 0.15) is 6.10 Å². The van der Waals surface area contributed by atoms with Gasteiger partial charge in [-0.2, -0.15) is 26.3 Å². The lowest BCUT2D eigenvalue weighted by molar-refractivity contribution is -0.143. The van der Waals surface area contributed by atoms with Gasteiger partial charge in [0.2, 0.25) is 0 Å². The number of hydrogen-bond donors (Lipinski definition) is 1. The third-order valence-electron chi connectivity index (χ3n) is 6.75. The highest BCUT2D eigenvalue weighted by Gasteiger charge is 2.43. The summed E-state index contributed by atoms with van der Waals surface area (Å²) in [7, 11) is 0. The van der Waals surface area contributed by atoms with Crippen molar-refractivity contribution in [1.29, 1.82) is 0 Å². The van der Waals surface area contributed by atoms with Crippen LogP contribution in [-0.2, 0) is 23.6 Å². The number of carbonyl (C=O) groups is 1. The van der Waals surface area contributed by atoms with Crippen LogP contribution in [-0.4, -0.2) is 17.0 Å². The SMILES string of the molecule is CC(C)c1ccc(Cl)c(-c2ccc(N)cc2CN2C(=O)OC(c3cc(C(F)(F)F)cc(C(F)(F)F)c3)[C@@H]2C)c1. The van der Waals surface area contributed by atoms with Crippen molar-refractivity contribution in [3.63, 3.8) is 0 Å². The van der Waals surface area contributed by atoms with Gasteiger partial charge in [-0.3, -0.25) is 4.90 Å². The predicted molar refractivity (Wildman–Crippen MR) is 136 cm³/mol. The van der Waals surface area contributed by atoms with Crippen molar-refractivity contribution in [2.24, 2.45) is 0 Å². The smallest absolute Gasteiger partial charge is 0.416 e. The van der Waals surface area contributed by atoms with E-state index in [0.717, 1.165) is 5.56 Å². The minimum atomic E-state index is -5.03. The molecule has 1 heterocycles. The van der Waals surface area contributed by atoms with Crippen LogP contribution >= 0.6 is 11.6 Å². The van der Waals surface area contributed by atoms with E-state index in [-0.39, 0.29) is 18.5 Å². The summed E-state index contributed by atoms with van der Waals surface area (Å²) >= 11 is 6.51. The Morgan fingerprint density at radius 1 is 0.923 bits per heavy atom. The topological polar surface area (TPSA) is 55.6 Å². The first-order valence-electron chi connectivity index (χ1n) is 12.0. The zero-order valence-corrected chi connectivity index (χ0v) is 21.9. The molecule has 0 radical (unpaired) electrons. The summed E-state index contributed by atoms with van der Waals surface area (Å²) < 4.78 is 85.8. The van der Waals surface area contributed by atoms with E-state index in [1.54, 1.807) is 24.3 Å². The molecule has 2 atom stereocenters. The van der Waals surface area contributed by atoms with E-state index >= 15 is 0 Å². The van der Waals surface area contributed by atoms with Crippen LogP contribution in [0.25, 0.3) is 11.1 Å². The molecular formula is C28H25ClF6N2O2. The molecule has 1 fully saturated rings. The number of halogens is 7. The number of anilines is 1. The fourth-order valence-electron chi connectivity index (χ4n) is 4.60. The highest BCUT2D eigenvalue weighted by atomic mass is 35.5. The largest absolute Gasteiger partial charge is 0.439 e. The number of benzene rings is 3. The predicted octanol–water partition coefficient (Wildman–Crippen LogP) is 8.83. The minimum absolute atomic E-state index is 0.0384. The summed E-state index contributed by atoms with van der Waals surface area (Å²) in [6, 6.07) is 11.0. The van der Waals surface area contributed by atoms with Crippen LogP contribution in [0, 0.1) is 0 Å². The number of rotatable bonds is 5. The first-order valence-corrected chi connectivity index (χ1v) is 12.4. The van der Waals surface area contributed by atoms with E-state index < -0.39 is 47.3 Å². The second-order valence-corrected chi connectivity index (χ2v) is 10.2. The molecule has 3 aromatic carbocycles. The van der Waals surface area contributed by atoms with Crippen LogP contribution in [0.1, 0.15) is 60.6 Å². The number of hydrogen-bond acceptors (Lipinski definition) is 3. The zero-order valence-electron chi connectivity index (χ0n) is 21.1. The maximum absolute atomic E-state index is 13.4. The van der Waals surface area contributed by atoms with E-state index in [1.165, 1.54) is 11.8 Å². The standard InChI is InChI=1S/C28H25ClF6N2O2/c1-14(2)16-4-7-24(29)23(11-16)22-6-5-21(36)10-18(22)13-37-15(3)25(39-26(37)38)17-8-19(27(30,31)32)12-20(9-17)28(33,34)35/h4-12,14-15,25H,13,36H2,1-3H3/t15-,25?/m0/s1. The van der Waals surface area contributed by atoms with E-state index in [4.69, 9.17) is 22.1 Å². The molecule has 4 nitrogen and oxygen atoms in total. The summed E-state index contributed by atoms with van der Waals surface area (Å²) in [4.78, 5) is 14.1. The summed E-state index contributed by atoms with van der Waals surface area (Å²) in [5, 5.41) is 0.462. The Bertz CT molecular complexity index is 1370. The first-order chi connectivity index (χ1) is 18.1. The van der Waals surface area contributed by atoms with Crippen molar-refractivity contribution >= 4 is 23.4 Å². The van der Waals surface area contributed by atoms with E-state index in [0.29, 0.717) is 39.5 Å². The second-order valence-electron chi connectivity index (χ2n) is 9.82. The highest BCUT2D eigenvalue weighted by molar-refractivity contribution is 6.33. The van der Waals surface area contributed by atoms with Gasteiger partial charge < -0.3 is 10.5 Å². The lowest BCUT2D eigenvalue weighted by Crippen LogP contribution is -2.31. The number of nitrogen functional groups attached to an aromatic ring is 1. The van der Waals surface area contributed by atoms with Crippen LogP contribution in [0.2, 0.25) is 5.02 Å². The van der Waals surface area contributed by atoms with E-state index in [2.05, 4.69) is 0 Å². The molecule has 1 amide bonds. The van der Waals surface area contributed by atoms with Crippen molar-refractivity contribution in [2.75, 3.05) is 5.73 Å². The third kappa shape index (κ3) is 5.95. The molecule has 1 aliphatic rings.